The Hall–Kier alpha value is -2.67. The lowest BCUT2D eigenvalue weighted by Crippen LogP contribution is -2.63. The standard InChI is InChI=1S/C45H65ClN4O6S/c1-5-56-45(32-48-24-25-49-22-9-7-13-38(49)29-48)20-10-11-33(2)41(19-26-54-4)57(52,53)47-43(51)35-15-17-40-39(28-35)50(31-44(3)21-18-42(44)45)23-8-6-12-34-27-37(46)16-14-36(34)30-55-40/h10,14-17,20,27-28,33,38,41-42H,5-9,11-13,18-19,21-26,29-32H2,1-4H3,(H,47,51)/b20-10+/t33-,38+,41+,42+,44?,45-/m0/s1. The predicted octanol–water partition coefficient (Wildman–Crippen LogP) is 7.48. The molecule has 3 fully saturated rings. The van der Waals surface area contributed by atoms with E-state index in [4.69, 9.17) is 25.8 Å². The molecule has 1 N–H and O–H groups in total. The Morgan fingerprint density at radius 2 is 1.86 bits per heavy atom. The Bertz CT molecular complexity index is 1860. The SMILES string of the molecule is CCO[C@]1(CN2CCN3CCCC[C@@H]3C2)/C=C/C[C@H](C)[C@@H](CCOC)S(=O)(=O)NC(=O)c2ccc3c(c2)N(CCCCc2cc(Cl)ccc2CO3)CC2(C)CC[C@H]21. The first-order chi connectivity index (χ1) is 27.4. The number of piperazine rings is 1. The molecular formula is C45H65ClN4O6S. The van der Waals surface area contributed by atoms with Crippen LogP contribution in [0.4, 0.5) is 5.69 Å². The van der Waals surface area contributed by atoms with Crippen molar-refractivity contribution in [2.75, 3.05) is 71.0 Å². The molecule has 4 aliphatic heterocycles. The molecule has 0 spiro atoms. The number of anilines is 1. The van der Waals surface area contributed by atoms with Crippen molar-refractivity contribution in [3.05, 3.63) is 70.3 Å². The number of carbonyl (C=O) groups is 1. The second-order valence-corrected chi connectivity index (χ2v) is 20.1. The number of rotatable bonds is 7. The summed E-state index contributed by atoms with van der Waals surface area (Å²) in [5.41, 5.74) is 2.72. The number of amides is 1. The molecule has 1 unspecified atom stereocenters. The highest BCUT2D eigenvalue weighted by Gasteiger charge is 2.55. The summed E-state index contributed by atoms with van der Waals surface area (Å²) in [5.74, 6) is -0.0139. The molecule has 7 rings (SSSR count). The summed E-state index contributed by atoms with van der Waals surface area (Å²) in [5, 5.41) is -0.113. The van der Waals surface area contributed by atoms with Crippen LogP contribution in [0, 0.1) is 17.3 Å². The predicted molar refractivity (Wildman–Crippen MR) is 228 cm³/mol. The molecule has 6 atom stereocenters. The zero-order valence-electron chi connectivity index (χ0n) is 34.6. The molecule has 2 aromatic rings. The second kappa shape index (κ2) is 18.3. The largest absolute Gasteiger partial charge is 0.487 e. The highest BCUT2D eigenvalue weighted by molar-refractivity contribution is 7.90. The third kappa shape index (κ3) is 9.55. The fraction of sp³-hybridized carbons (Fsp3) is 0.667. The molecule has 2 aromatic carbocycles. The Morgan fingerprint density at radius 3 is 2.65 bits per heavy atom. The summed E-state index contributed by atoms with van der Waals surface area (Å²) in [6, 6.07) is 11.9. The zero-order chi connectivity index (χ0) is 40.2. The minimum Gasteiger partial charge on any atom is -0.487 e. The summed E-state index contributed by atoms with van der Waals surface area (Å²) in [7, 11) is -2.50. The van der Waals surface area contributed by atoms with Crippen LogP contribution < -0.4 is 14.4 Å². The fourth-order valence-corrected chi connectivity index (χ4v) is 12.5. The number of benzene rings is 2. The van der Waals surface area contributed by atoms with Crippen LogP contribution in [0.3, 0.4) is 0 Å². The molecule has 314 valence electrons. The van der Waals surface area contributed by atoms with Crippen molar-refractivity contribution in [1.29, 1.82) is 0 Å². The van der Waals surface area contributed by atoms with Gasteiger partial charge in [-0.3, -0.25) is 14.6 Å². The smallest absolute Gasteiger partial charge is 0.264 e. The van der Waals surface area contributed by atoms with Gasteiger partial charge in [-0.05, 0) is 130 Å². The summed E-state index contributed by atoms with van der Waals surface area (Å²) in [6.07, 6.45) is 14.0. The molecule has 12 heteroatoms. The van der Waals surface area contributed by atoms with Crippen molar-refractivity contribution >= 4 is 33.2 Å². The third-order valence-corrected chi connectivity index (χ3v) is 16.0. The first-order valence-electron chi connectivity index (χ1n) is 21.6. The number of ether oxygens (including phenoxy) is 3. The van der Waals surface area contributed by atoms with Gasteiger partial charge in [-0.15, -0.1) is 0 Å². The number of piperidine rings is 1. The van der Waals surface area contributed by atoms with Gasteiger partial charge in [0.1, 0.15) is 18.0 Å². The van der Waals surface area contributed by atoms with Crippen LogP contribution in [0.25, 0.3) is 0 Å². The second-order valence-electron chi connectivity index (χ2n) is 17.7. The molecule has 0 radical (unpaired) electrons. The molecule has 10 nitrogen and oxygen atoms in total. The van der Waals surface area contributed by atoms with E-state index in [1.807, 2.05) is 37.3 Å². The molecule has 1 aliphatic carbocycles. The summed E-state index contributed by atoms with van der Waals surface area (Å²) >= 11 is 6.46. The maximum atomic E-state index is 14.1. The maximum Gasteiger partial charge on any atom is 0.264 e. The number of sulfonamides is 1. The van der Waals surface area contributed by atoms with Crippen LogP contribution in [0.2, 0.25) is 5.02 Å². The van der Waals surface area contributed by atoms with E-state index in [-0.39, 0.29) is 30.3 Å². The number of allylic oxidation sites excluding steroid dienone is 1. The van der Waals surface area contributed by atoms with Gasteiger partial charge in [0, 0.05) is 76.2 Å². The Labute approximate surface area is 346 Å². The minimum absolute atomic E-state index is 0.106. The van der Waals surface area contributed by atoms with E-state index >= 15 is 0 Å². The van der Waals surface area contributed by atoms with E-state index in [0.29, 0.717) is 37.0 Å². The molecule has 5 aliphatic rings. The van der Waals surface area contributed by atoms with Crippen LogP contribution in [0.5, 0.6) is 5.75 Å². The van der Waals surface area contributed by atoms with Gasteiger partial charge >= 0.3 is 0 Å². The average Bonchev–Trinajstić information content (AvgIpc) is 3.20. The van der Waals surface area contributed by atoms with Crippen molar-refractivity contribution in [2.24, 2.45) is 17.3 Å². The van der Waals surface area contributed by atoms with Gasteiger partial charge in [-0.2, -0.15) is 0 Å². The highest BCUT2D eigenvalue weighted by atomic mass is 35.5. The van der Waals surface area contributed by atoms with E-state index in [0.717, 1.165) is 87.6 Å². The van der Waals surface area contributed by atoms with Gasteiger partial charge in [0.05, 0.1) is 10.9 Å². The number of nitrogens with one attached hydrogen (secondary N) is 1. The molecule has 57 heavy (non-hydrogen) atoms. The molecule has 1 amide bonds. The van der Waals surface area contributed by atoms with Crippen molar-refractivity contribution in [3.63, 3.8) is 0 Å². The van der Waals surface area contributed by atoms with Crippen molar-refractivity contribution < 1.29 is 27.4 Å². The topological polar surface area (TPSA) is 101 Å². The monoisotopic (exact) mass is 824 g/mol. The van der Waals surface area contributed by atoms with Crippen molar-refractivity contribution in [2.45, 2.75) is 108 Å². The van der Waals surface area contributed by atoms with Gasteiger partial charge in [0.2, 0.25) is 10.0 Å². The van der Waals surface area contributed by atoms with E-state index < -0.39 is 26.8 Å². The van der Waals surface area contributed by atoms with E-state index in [1.165, 1.54) is 31.4 Å². The number of carbonyl (C=O) groups excluding carboxylic acids is 1. The van der Waals surface area contributed by atoms with Crippen LogP contribution in [0.15, 0.2) is 48.6 Å². The van der Waals surface area contributed by atoms with Crippen LogP contribution in [-0.4, -0.2) is 107 Å². The number of nitrogens with zero attached hydrogens (tertiary/aromatic N) is 3. The number of aryl methyl sites for hydroxylation is 1. The van der Waals surface area contributed by atoms with Gasteiger partial charge in [0.25, 0.3) is 5.91 Å². The molecule has 4 heterocycles. The maximum absolute atomic E-state index is 14.1. The van der Waals surface area contributed by atoms with E-state index in [9.17, 15) is 13.2 Å². The van der Waals surface area contributed by atoms with Gasteiger partial charge in [0.15, 0.2) is 0 Å². The van der Waals surface area contributed by atoms with Gasteiger partial charge in [-0.1, -0.05) is 50.1 Å². The lowest BCUT2D eigenvalue weighted by atomic mass is 9.54. The Morgan fingerprint density at radius 1 is 1.02 bits per heavy atom. The summed E-state index contributed by atoms with van der Waals surface area (Å²) in [4.78, 5) is 21.7. The third-order valence-electron chi connectivity index (χ3n) is 13.8. The Kier molecular flexibility index (Phi) is 13.6. The van der Waals surface area contributed by atoms with Gasteiger partial charge < -0.3 is 19.1 Å². The average molecular weight is 826 g/mol. The highest BCUT2D eigenvalue weighted by Crippen LogP contribution is 2.55. The number of hydrogen-bond acceptors (Lipinski definition) is 9. The number of hydrogen-bond donors (Lipinski definition) is 1. The van der Waals surface area contributed by atoms with Crippen molar-refractivity contribution in [3.8, 4) is 5.75 Å². The van der Waals surface area contributed by atoms with Crippen LogP contribution in [-0.2, 0) is 32.5 Å². The van der Waals surface area contributed by atoms with E-state index in [1.54, 1.807) is 13.2 Å². The van der Waals surface area contributed by atoms with E-state index in [2.05, 4.69) is 45.4 Å². The first kappa shape index (κ1) is 42.5. The quantitative estimate of drug-likeness (QED) is 0.285. The number of halogens is 1. The number of methoxy groups -OCH3 is 1. The fourth-order valence-electron chi connectivity index (χ4n) is 10.6. The molecular weight excluding hydrogens is 760 g/mol. The minimum atomic E-state index is -4.07. The summed E-state index contributed by atoms with van der Waals surface area (Å²) in [6.45, 7) is 14.4. The lowest BCUT2D eigenvalue weighted by Gasteiger charge is -2.58. The zero-order valence-corrected chi connectivity index (χ0v) is 36.2. The Balaban J connectivity index is 1.30. The lowest BCUT2D eigenvalue weighted by molar-refractivity contribution is -0.145. The number of fused-ring (bicyclic) bond motifs is 4. The summed E-state index contributed by atoms with van der Waals surface area (Å²) < 4.78 is 49.9. The normalized spacial score (nSPS) is 31.9. The first-order valence-corrected chi connectivity index (χ1v) is 23.5. The van der Waals surface area contributed by atoms with Crippen LogP contribution in [0.1, 0.15) is 100 Å². The van der Waals surface area contributed by atoms with Gasteiger partial charge in [-0.25, -0.2) is 13.1 Å². The molecule has 2 bridgehead atoms. The molecule has 1 saturated carbocycles. The molecule has 2 saturated heterocycles. The van der Waals surface area contributed by atoms with Crippen LogP contribution >= 0.6 is 11.6 Å². The van der Waals surface area contributed by atoms with Crippen molar-refractivity contribution in [1.82, 2.24) is 14.5 Å². The molecule has 0 aromatic heterocycles.